The highest BCUT2D eigenvalue weighted by Gasteiger charge is 2.14. The molecule has 15 heavy (non-hydrogen) atoms. The molecule has 0 aromatic carbocycles. The van der Waals surface area contributed by atoms with E-state index in [0.717, 1.165) is 21.9 Å². The summed E-state index contributed by atoms with van der Waals surface area (Å²) in [7, 11) is 0. The maximum atomic E-state index is 11.9. The lowest BCUT2D eigenvalue weighted by Crippen LogP contribution is -1.95. The summed E-state index contributed by atoms with van der Waals surface area (Å²) < 4.78 is 5.42. The van der Waals surface area contributed by atoms with Gasteiger partial charge < -0.3 is 4.42 Å². The normalized spacial score (nSPS) is 10.5. The number of aryl methyl sites for hydroxylation is 2. The van der Waals surface area contributed by atoms with E-state index in [4.69, 9.17) is 4.42 Å². The third-order valence-electron chi connectivity index (χ3n) is 2.20. The Labute approximate surface area is 92.5 Å². The quantitative estimate of drug-likeness (QED) is 0.742. The van der Waals surface area contributed by atoms with Gasteiger partial charge >= 0.3 is 0 Å². The molecule has 3 heteroatoms. The van der Waals surface area contributed by atoms with Gasteiger partial charge in [-0.2, -0.15) is 0 Å². The number of furan rings is 1. The van der Waals surface area contributed by atoms with Gasteiger partial charge in [-0.15, -0.1) is 11.3 Å². The maximum Gasteiger partial charge on any atom is 0.238 e. The molecule has 2 aromatic heterocycles. The van der Waals surface area contributed by atoms with Crippen molar-refractivity contribution in [1.29, 1.82) is 0 Å². The smallest absolute Gasteiger partial charge is 0.238 e. The fraction of sp³-hybridized carbons (Fsp3) is 0.250. The number of carbonyl (C=O) groups is 1. The van der Waals surface area contributed by atoms with Gasteiger partial charge in [0.05, 0.1) is 4.88 Å². The lowest BCUT2D eigenvalue weighted by atomic mass is 10.2. The molecule has 0 saturated heterocycles. The molecule has 2 rings (SSSR count). The zero-order valence-corrected chi connectivity index (χ0v) is 9.56. The standard InChI is InChI=1S/C12H12O2S/c1-3-9-5-6-10(14-9)12(13)11-7-4-8(2)15-11/h4-7H,3H2,1-2H3. The number of hydrogen-bond donors (Lipinski definition) is 0. The molecule has 0 spiro atoms. The van der Waals surface area contributed by atoms with Crippen LogP contribution in [0.2, 0.25) is 0 Å². The van der Waals surface area contributed by atoms with Crippen LogP contribution in [0, 0.1) is 6.92 Å². The Kier molecular flexibility index (Phi) is 2.73. The highest BCUT2D eigenvalue weighted by molar-refractivity contribution is 7.14. The van der Waals surface area contributed by atoms with Gasteiger partial charge in [0.25, 0.3) is 0 Å². The molecule has 0 unspecified atom stereocenters. The molecule has 0 fully saturated rings. The van der Waals surface area contributed by atoms with Crippen molar-refractivity contribution >= 4 is 17.1 Å². The third kappa shape index (κ3) is 2.02. The van der Waals surface area contributed by atoms with Crippen LogP contribution in [0.3, 0.4) is 0 Å². The van der Waals surface area contributed by atoms with Crippen molar-refractivity contribution in [3.8, 4) is 0 Å². The molecule has 0 bridgehead atoms. The lowest BCUT2D eigenvalue weighted by molar-refractivity contribution is 0.101. The molecule has 2 heterocycles. The van der Waals surface area contributed by atoms with Gasteiger partial charge in [0.1, 0.15) is 5.76 Å². The minimum Gasteiger partial charge on any atom is -0.458 e. The first-order valence-electron chi connectivity index (χ1n) is 4.90. The van der Waals surface area contributed by atoms with Crippen LogP contribution in [0.1, 0.15) is 33.0 Å². The molecule has 0 saturated carbocycles. The average molecular weight is 220 g/mol. The third-order valence-corrected chi connectivity index (χ3v) is 3.20. The van der Waals surface area contributed by atoms with Crippen LogP contribution in [0.25, 0.3) is 0 Å². The van der Waals surface area contributed by atoms with E-state index in [9.17, 15) is 4.79 Å². The van der Waals surface area contributed by atoms with Crippen LogP contribution in [0.4, 0.5) is 0 Å². The Bertz CT molecular complexity index is 479. The molecule has 0 aliphatic rings. The summed E-state index contributed by atoms with van der Waals surface area (Å²) in [5.74, 6) is 1.27. The summed E-state index contributed by atoms with van der Waals surface area (Å²) in [5, 5.41) is 0. The minimum absolute atomic E-state index is 0.0206. The minimum atomic E-state index is -0.0206. The molecule has 0 atom stereocenters. The van der Waals surface area contributed by atoms with Crippen molar-refractivity contribution in [3.63, 3.8) is 0 Å². The lowest BCUT2D eigenvalue weighted by Gasteiger charge is -1.92. The second-order valence-electron chi connectivity index (χ2n) is 3.36. The van der Waals surface area contributed by atoms with Crippen LogP contribution < -0.4 is 0 Å². The molecule has 2 aromatic rings. The zero-order valence-electron chi connectivity index (χ0n) is 8.74. The van der Waals surface area contributed by atoms with Crippen LogP contribution in [0.15, 0.2) is 28.7 Å². The fourth-order valence-electron chi connectivity index (χ4n) is 1.37. The van der Waals surface area contributed by atoms with Crippen molar-refractivity contribution in [1.82, 2.24) is 0 Å². The van der Waals surface area contributed by atoms with E-state index in [0.29, 0.717) is 5.76 Å². The first-order valence-corrected chi connectivity index (χ1v) is 5.72. The summed E-state index contributed by atoms with van der Waals surface area (Å²) in [5.41, 5.74) is 0. The van der Waals surface area contributed by atoms with Gasteiger partial charge in [-0.05, 0) is 31.2 Å². The van der Waals surface area contributed by atoms with Gasteiger partial charge in [-0.3, -0.25) is 4.79 Å². The zero-order chi connectivity index (χ0) is 10.8. The Hall–Kier alpha value is -1.35. The highest BCUT2D eigenvalue weighted by atomic mass is 32.1. The summed E-state index contributed by atoms with van der Waals surface area (Å²) in [6.45, 7) is 3.99. The van der Waals surface area contributed by atoms with Crippen LogP contribution in [-0.4, -0.2) is 5.78 Å². The monoisotopic (exact) mass is 220 g/mol. The van der Waals surface area contributed by atoms with E-state index < -0.39 is 0 Å². The molecule has 0 radical (unpaired) electrons. The SMILES string of the molecule is CCc1ccc(C(=O)c2ccc(C)s2)o1. The topological polar surface area (TPSA) is 30.2 Å². The number of hydrogen-bond acceptors (Lipinski definition) is 3. The van der Waals surface area contributed by atoms with Crippen LogP contribution in [0.5, 0.6) is 0 Å². The average Bonchev–Trinajstić information content (AvgIpc) is 2.84. The molecule has 78 valence electrons. The van der Waals surface area contributed by atoms with Gasteiger partial charge in [0.2, 0.25) is 5.78 Å². The van der Waals surface area contributed by atoms with E-state index in [2.05, 4.69) is 0 Å². The van der Waals surface area contributed by atoms with Gasteiger partial charge in [-0.25, -0.2) is 0 Å². The Morgan fingerprint density at radius 3 is 2.67 bits per heavy atom. The molecule has 0 aliphatic heterocycles. The van der Waals surface area contributed by atoms with Crippen molar-refractivity contribution in [3.05, 3.63) is 45.5 Å². The second kappa shape index (κ2) is 4.03. The van der Waals surface area contributed by atoms with Crippen LogP contribution >= 0.6 is 11.3 Å². The summed E-state index contributed by atoms with van der Waals surface area (Å²) in [6, 6.07) is 7.39. The molecule has 2 nitrogen and oxygen atoms in total. The van der Waals surface area contributed by atoms with E-state index in [1.165, 1.54) is 11.3 Å². The van der Waals surface area contributed by atoms with Crippen molar-refractivity contribution in [2.24, 2.45) is 0 Å². The van der Waals surface area contributed by atoms with Crippen molar-refractivity contribution in [2.45, 2.75) is 20.3 Å². The largest absolute Gasteiger partial charge is 0.458 e. The maximum absolute atomic E-state index is 11.9. The predicted octanol–water partition coefficient (Wildman–Crippen LogP) is 3.44. The van der Waals surface area contributed by atoms with Gasteiger partial charge in [0, 0.05) is 11.3 Å². The van der Waals surface area contributed by atoms with E-state index >= 15 is 0 Å². The molecule has 0 aliphatic carbocycles. The van der Waals surface area contributed by atoms with Gasteiger partial charge in [-0.1, -0.05) is 6.92 Å². The van der Waals surface area contributed by atoms with Gasteiger partial charge in [0.15, 0.2) is 5.76 Å². The Balaban J connectivity index is 2.28. The number of thiophene rings is 1. The number of carbonyl (C=O) groups excluding carboxylic acids is 1. The summed E-state index contributed by atoms with van der Waals surface area (Å²) in [4.78, 5) is 13.8. The van der Waals surface area contributed by atoms with E-state index in [1.54, 1.807) is 6.07 Å². The molecule has 0 amide bonds. The second-order valence-corrected chi connectivity index (χ2v) is 4.65. The molecule has 0 N–H and O–H groups in total. The predicted molar refractivity (Wildman–Crippen MR) is 60.6 cm³/mol. The molecular formula is C12H12O2S. The summed E-state index contributed by atoms with van der Waals surface area (Å²) >= 11 is 1.50. The Morgan fingerprint density at radius 1 is 1.33 bits per heavy atom. The van der Waals surface area contributed by atoms with Crippen molar-refractivity contribution in [2.75, 3.05) is 0 Å². The highest BCUT2D eigenvalue weighted by Crippen LogP contribution is 2.20. The summed E-state index contributed by atoms with van der Waals surface area (Å²) in [6.07, 6.45) is 0.816. The fourth-order valence-corrected chi connectivity index (χ4v) is 2.18. The number of ketones is 1. The first-order chi connectivity index (χ1) is 7.20. The molecular weight excluding hydrogens is 208 g/mol. The number of rotatable bonds is 3. The van der Waals surface area contributed by atoms with E-state index in [-0.39, 0.29) is 5.78 Å². The van der Waals surface area contributed by atoms with Crippen molar-refractivity contribution < 1.29 is 9.21 Å². The Morgan fingerprint density at radius 2 is 2.13 bits per heavy atom. The van der Waals surface area contributed by atoms with Crippen LogP contribution in [-0.2, 0) is 6.42 Å². The van der Waals surface area contributed by atoms with E-state index in [1.807, 2.05) is 32.0 Å². The first kappa shape index (κ1) is 10.2.